The van der Waals surface area contributed by atoms with E-state index >= 15 is 0 Å². The second-order valence-electron chi connectivity index (χ2n) is 10.6. The van der Waals surface area contributed by atoms with Gasteiger partial charge in [-0.15, -0.1) is 0 Å². The molecule has 0 heterocycles. The van der Waals surface area contributed by atoms with Gasteiger partial charge in [-0.05, 0) is 38.7 Å². The summed E-state index contributed by atoms with van der Waals surface area (Å²) < 4.78 is 12.3. The Morgan fingerprint density at radius 3 is 1.86 bits per heavy atom. The topological polar surface area (TPSA) is 99.4 Å². The number of hydrogen-bond donors (Lipinski definition) is 4. The molecule has 1 aliphatic carbocycles. The highest BCUT2D eigenvalue weighted by atomic mass is 28.4. The third-order valence-corrected chi connectivity index (χ3v) is 12.6. The van der Waals surface area contributed by atoms with Gasteiger partial charge in [0, 0.05) is 6.61 Å². The fraction of sp³-hybridized carbons (Fsp3) is 0.379. The fourth-order valence-electron chi connectivity index (χ4n) is 5.54. The van der Waals surface area contributed by atoms with Crippen molar-refractivity contribution in [1.29, 1.82) is 0 Å². The smallest absolute Gasteiger partial charge is 0.261 e. The summed E-state index contributed by atoms with van der Waals surface area (Å²) in [6, 6.07) is 25.0. The van der Waals surface area contributed by atoms with Crippen LogP contribution in [0, 0.1) is 5.41 Å². The molecular weight excluding hydrogens is 472 g/mol. The molecule has 6 nitrogen and oxygen atoms in total. The van der Waals surface area contributed by atoms with Gasteiger partial charge in [0.25, 0.3) is 8.32 Å². The lowest BCUT2D eigenvalue weighted by molar-refractivity contribution is -0.171. The summed E-state index contributed by atoms with van der Waals surface area (Å²) in [7, 11) is -1.51. The minimum absolute atomic E-state index is 0.160. The average molecular weight is 509 g/mol. The van der Waals surface area contributed by atoms with E-state index in [1.807, 2.05) is 36.4 Å². The minimum atomic E-state index is -3.03. The Kier molecular flexibility index (Phi) is 7.44. The molecule has 7 heteroatoms. The zero-order chi connectivity index (χ0) is 26.1. The molecule has 0 bridgehead atoms. The van der Waals surface area contributed by atoms with E-state index in [2.05, 4.69) is 45.0 Å². The van der Waals surface area contributed by atoms with Crippen molar-refractivity contribution in [3.63, 3.8) is 0 Å². The summed E-state index contributed by atoms with van der Waals surface area (Å²) in [5, 5.41) is 46.3. The third-order valence-electron chi connectivity index (χ3n) is 7.61. The Labute approximate surface area is 213 Å². The van der Waals surface area contributed by atoms with Gasteiger partial charge in [0.2, 0.25) is 0 Å². The highest BCUT2D eigenvalue weighted by molar-refractivity contribution is 6.99. The standard InChI is InChI=1S/C29H36O6Si/c1-28(2,3)36(21-11-7-5-8-12-21,22-13-9-6-10-14-22)35-19-29(18-30)26(32)24-17-20(34-4)15-16-23(24)25(31)27(29)33/h5-17,25-27,30-33H,18-19H2,1-4H3/t25-,26-,27-,29-/m0/s1. The van der Waals surface area contributed by atoms with Gasteiger partial charge in [-0.3, -0.25) is 0 Å². The molecule has 36 heavy (non-hydrogen) atoms. The number of rotatable bonds is 7. The first-order valence-corrected chi connectivity index (χ1v) is 14.1. The molecule has 4 N–H and O–H groups in total. The predicted octanol–water partition coefficient (Wildman–Crippen LogP) is 2.69. The van der Waals surface area contributed by atoms with Crippen molar-refractivity contribution >= 4 is 18.7 Å². The van der Waals surface area contributed by atoms with Crippen LogP contribution >= 0.6 is 0 Å². The number of benzene rings is 3. The number of aliphatic hydroxyl groups is 4. The van der Waals surface area contributed by atoms with Crippen molar-refractivity contribution in [2.75, 3.05) is 20.3 Å². The van der Waals surface area contributed by atoms with E-state index in [1.165, 1.54) is 7.11 Å². The van der Waals surface area contributed by atoms with Crippen molar-refractivity contribution in [1.82, 2.24) is 0 Å². The molecule has 1 aliphatic rings. The van der Waals surface area contributed by atoms with Gasteiger partial charge in [-0.1, -0.05) is 87.5 Å². The van der Waals surface area contributed by atoms with Crippen LogP contribution in [0.5, 0.6) is 5.75 Å². The van der Waals surface area contributed by atoms with Crippen molar-refractivity contribution < 1.29 is 29.6 Å². The average Bonchev–Trinajstić information content (AvgIpc) is 2.89. The Balaban J connectivity index is 1.85. The molecule has 192 valence electrons. The summed E-state index contributed by atoms with van der Waals surface area (Å²) >= 11 is 0. The zero-order valence-electron chi connectivity index (χ0n) is 21.3. The van der Waals surface area contributed by atoms with Gasteiger partial charge in [-0.25, -0.2) is 0 Å². The van der Waals surface area contributed by atoms with Gasteiger partial charge < -0.3 is 29.6 Å². The predicted molar refractivity (Wildman–Crippen MR) is 142 cm³/mol. The number of methoxy groups -OCH3 is 1. The van der Waals surface area contributed by atoms with E-state index in [9.17, 15) is 20.4 Å². The summed E-state index contributed by atoms with van der Waals surface area (Å²) in [6.45, 7) is 5.66. The van der Waals surface area contributed by atoms with Crippen LogP contribution in [0.4, 0.5) is 0 Å². The van der Waals surface area contributed by atoms with E-state index in [-0.39, 0.29) is 11.6 Å². The first-order valence-electron chi connectivity index (χ1n) is 12.2. The molecule has 0 fully saturated rings. The van der Waals surface area contributed by atoms with Crippen molar-refractivity contribution in [3.8, 4) is 5.75 Å². The van der Waals surface area contributed by atoms with Crippen LogP contribution in [-0.4, -0.2) is 55.2 Å². The quantitative estimate of drug-likeness (QED) is 0.366. The Morgan fingerprint density at radius 2 is 1.39 bits per heavy atom. The Hall–Kier alpha value is -2.52. The van der Waals surface area contributed by atoms with Gasteiger partial charge >= 0.3 is 0 Å². The lowest BCUT2D eigenvalue weighted by Crippen LogP contribution is -2.68. The number of fused-ring (bicyclic) bond motifs is 1. The third kappa shape index (κ3) is 4.20. The molecule has 0 saturated carbocycles. The first-order chi connectivity index (χ1) is 17.1. The maximum atomic E-state index is 11.6. The monoisotopic (exact) mass is 508 g/mol. The second kappa shape index (κ2) is 10.1. The lowest BCUT2D eigenvalue weighted by atomic mass is 9.67. The maximum Gasteiger partial charge on any atom is 0.261 e. The minimum Gasteiger partial charge on any atom is -0.497 e. The van der Waals surface area contributed by atoms with Gasteiger partial charge in [0.1, 0.15) is 11.9 Å². The van der Waals surface area contributed by atoms with Crippen molar-refractivity contribution in [2.24, 2.45) is 5.41 Å². The van der Waals surface area contributed by atoms with Crippen LogP contribution in [0.1, 0.15) is 44.1 Å². The van der Waals surface area contributed by atoms with Gasteiger partial charge in [0.05, 0.1) is 31.3 Å². The van der Waals surface area contributed by atoms with Crippen molar-refractivity contribution in [2.45, 2.75) is 44.1 Å². The van der Waals surface area contributed by atoms with Crippen LogP contribution in [0.3, 0.4) is 0 Å². The molecule has 0 radical (unpaired) electrons. The van der Waals surface area contributed by atoms with E-state index < -0.39 is 38.7 Å². The molecule has 4 atom stereocenters. The summed E-state index contributed by atoms with van der Waals surface area (Å²) in [6.07, 6.45) is -4.04. The number of aliphatic hydroxyl groups excluding tert-OH is 4. The summed E-state index contributed by atoms with van der Waals surface area (Å²) in [4.78, 5) is 0. The highest BCUT2D eigenvalue weighted by Gasteiger charge is 2.57. The molecule has 0 amide bonds. The first kappa shape index (κ1) is 26.5. The van der Waals surface area contributed by atoms with E-state index in [4.69, 9.17) is 9.16 Å². The largest absolute Gasteiger partial charge is 0.497 e. The Bertz CT molecular complexity index is 1120. The SMILES string of the molecule is COc1ccc2c(c1)[C@H](O)[C@](CO)(CO[Si](c1ccccc1)(c1ccccc1)C(C)(C)C)[C@@H](O)[C@H]2O. The van der Waals surface area contributed by atoms with Gasteiger partial charge in [0.15, 0.2) is 0 Å². The molecule has 3 aromatic carbocycles. The fourth-order valence-corrected chi connectivity index (χ4v) is 10.2. The summed E-state index contributed by atoms with van der Waals surface area (Å²) in [5.74, 6) is 0.510. The molecule has 3 aromatic rings. The van der Waals surface area contributed by atoms with Crippen LogP contribution < -0.4 is 15.1 Å². The van der Waals surface area contributed by atoms with Crippen LogP contribution in [0.25, 0.3) is 0 Å². The van der Waals surface area contributed by atoms with E-state index in [0.29, 0.717) is 16.9 Å². The molecule has 4 rings (SSSR count). The van der Waals surface area contributed by atoms with Crippen LogP contribution in [0.15, 0.2) is 78.9 Å². The van der Waals surface area contributed by atoms with Crippen LogP contribution in [0.2, 0.25) is 5.04 Å². The van der Waals surface area contributed by atoms with E-state index in [0.717, 1.165) is 10.4 Å². The molecule has 0 aliphatic heterocycles. The zero-order valence-corrected chi connectivity index (χ0v) is 22.3. The maximum absolute atomic E-state index is 11.6. The van der Waals surface area contributed by atoms with Gasteiger partial charge in [-0.2, -0.15) is 0 Å². The number of hydrogen-bond acceptors (Lipinski definition) is 6. The normalized spacial score (nSPS) is 24.3. The van der Waals surface area contributed by atoms with Crippen molar-refractivity contribution in [3.05, 3.63) is 90.0 Å². The summed E-state index contributed by atoms with van der Waals surface area (Å²) in [5.41, 5.74) is -0.733. The molecular formula is C29H36O6Si. The molecule has 0 spiro atoms. The lowest BCUT2D eigenvalue weighted by Gasteiger charge is -2.50. The Morgan fingerprint density at radius 1 is 0.833 bits per heavy atom. The highest BCUT2D eigenvalue weighted by Crippen LogP contribution is 2.50. The van der Waals surface area contributed by atoms with Crippen LogP contribution in [-0.2, 0) is 4.43 Å². The molecule has 0 aromatic heterocycles. The molecule has 0 saturated heterocycles. The van der Waals surface area contributed by atoms with E-state index in [1.54, 1.807) is 18.2 Å². The number of ether oxygens (including phenoxy) is 1. The second-order valence-corrected chi connectivity index (χ2v) is 14.9. The molecule has 0 unspecified atom stereocenters.